The molecule has 0 saturated carbocycles. The Morgan fingerprint density at radius 3 is 2.20 bits per heavy atom. The van der Waals surface area contributed by atoms with E-state index in [1.807, 2.05) is 18.5 Å². The first-order valence-corrected chi connectivity index (χ1v) is 19.7. The van der Waals surface area contributed by atoms with E-state index in [-0.39, 0.29) is 11.3 Å². The molecule has 2 heterocycles. The van der Waals surface area contributed by atoms with Gasteiger partial charge in [-0.05, 0) is 123 Å². The number of anilines is 3. The van der Waals surface area contributed by atoms with Crippen LogP contribution in [0.15, 0.2) is 164 Å². The van der Waals surface area contributed by atoms with Crippen molar-refractivity contribution in [3.8, 4) is 22.3 Å². The maximum absolute atomic E-state index is 4.36. The fraction of sp³-hybridized carbons (Fsp3) is 0.173. The van der Waals surface area contributed by atoms with Crippen LogP contribution in [0.5, 0.6) is 0 Å². The van der Waals surface area contributed by atoms with Gasteiger partial charge in [0.1, 0.15) is 0 Å². The van der Waals surface area contributed by atoms with E-state index in [4.69, 9.17) is 0 Å². The van der Waals surface area contributed by atoms with Crippen LogP contribution in [0.4, 0.5) is 17.1 Å². The van der Waals surface area contributed by atoms with Crippen LogP contribution in [0.2, 0.25) is 0 Å². The fourth-order valence-corrected chi connectivity index (χ4v) is 9.63. The predicted molar refractivity (Wildman–Crippen MR) is 231 cm³/mol. The van der Waals surface area contributed by atoms with Crippen LogP contribution < -0.4 is 4.90 Å². The van der Waals surface area contributed by atoms with E-state index < -0.39 is 0 Å². The second-order valence-corrected chi connectivity index (χ2v) is 16.2. The largest absolute Gasteiger partial charge is 0.313 e. The van der Waals surface area contributed by atoms with E-state index in [1.54, 1.807) is 0 Å². The van der Waals surface area contributed by atoms with Crippen LogP contribution in [0.25, 0.3) is 44.9 Å². The summed E-state index contributed by atoms with van der Waals surface area (Å²) in [6, 6.07) is 47.2. The molecule has 3 atom stereocenters. The molecule has 10 rings (SSSR count). The van der Waals surface area contributed by atoms with E-state index in [0.717, 1.165) is 34.6 Å². The summed E-state index contributed by atoms with van der Waals surface area (Å²) in [6.07, 6.45) is 16.5. The molecule has 0 saturated heterocycles. The molecule has 0 bridgehead atoms. The molecule has 3 aliphatic rings. The quantitative estimate of drug-likeness (QED) is 0.171. The third kappa shape index (κ3) is 5.44. The maximum Gasteiger partial charge on any atom is 0.0534 e. The second kappa shape index (κ2) is 13.0. The first kappa shape index (κ1) is 33.4. The van der Waals surface area contributed by atoms with Gasteiger partial charge >= 0.3 is 0 Å². The zero-order valence-electron chi connectivity index (χ0n) is 31.9. The lowest BCUT2D eigenvalue weighted by molar-refractivity contribution is 0.660. The van der Waals surface area contributed by atoms with Gasteiger partial charge in [0.25, 0.3) is 0 Å². The molecule has 268 valence electrons. The number of hydrogen-bond acceptors (Lipinski definition) is 2. The SMILES string of the molecule is CC1C=CC=C(n2c3c(c4ccccc42)C(C)C(c2ccc(N(c4ccc(-c5cccnc5)cc4)c4ccc5c(c4)C(C)(C)c4ccccc4-5)cc2)C=C3)C1. The van der Waals surface area contributed by atoms with Crippen LogP contribution in [0.1, 0.15) is 73.9 Å². The molecule has 5 aromatic carbocycles. The molecular weight excluding hydrogens is 667 g/mol. The molecule has 0 radical (unpaired) electrons. The number of fused-ring (bicyclic) bond motifs is 6. The highest BCUT2D eigenvalue weighted by atomic mass is 15.1. The van der Waals surface area contributed by atoms with E-state index >= 15 is 0 Å². The number of rotatable bonds is 6. The minimum atomic E-state index is -0.0878. The molecule has 3 unspecified atom stereocenters. The number of allylic oxidation sites excluding steroid dienone is 5. The van der Waals surface area contributed by atoms with Crippen molar-refractivity contribution in [1.82, 2.24) is 9.55 Å². The summed E-state index contributed by atoms with van der Waals surface area (Å²) in [6.45, 7) is 9.43. The average Bonchev–Trinajstić information content (AvgIpc) is 3.68. The highest BCUT2D eigenvalue weighted by Gasteiger charge is 2.36. The molecule has 0 fully saturated rings. The number of pyridine rings is 1. The standard InChI is InChI=1S/C52H45N3/c1-34-11-9-13-41(31-34)55-49-17-8-6-15-46(49)51-35(2)43(28-29-50(51)55)37-20-24-40(25-21-37)54(39-22-18-36(19-23-39)38-12-10-30-53-33-38)42-26-27-45-44-14-5-7-16-47(44)52(3,4)48(45)32-42/h5-30,32-35,43H,31H2,1-4H3. The molecule has 7 aromatic rings. The highest BCUT2D eigenvalue weighted by Crippen LogP contribution is 2.51. The third-order valence-electron chi connectivity index (χ3n) is 12.4. The lowest BCUT2D eigenvalue weighted by Crippen LogP contribution is -2.16. The van der Waals surface area contributed by atoms with Gasteiger partial charge < -0.3 is 9.47 Å². The zero-order valence-corrected chi connectivity index (χ0v) is 31.9. The van der Waals surface area contributed by atoms with Crippen molar-refractivity contribution in [3.63, 3.8) is 0 Å². The Morgan fingerprint density at radius 2 is 1.42 bits per heavy atom. The predicted octanol–water partition coefficient (Wildman–Crippen LogP) is 13.8. The van der Waals surface area contributed by atoms with Gasteiger partial charge in [0, 0.05) is 57.6 Å². The average molecular weight is 712 g/mol. The molecule has 0 N–H and O–H groups in total. The minimum Gasteiger partial charge on any atom is -0.313 e. The van der Waals surface area contributed by atoms with Gasteiger partial charge in [0.2, 0.25) is 0 Å². The summed E-state index contributed by atoms with van der Waals surface area (Å²) in [7, 11) is 0. The Kier molecular flexibility index (Phi) is 7.88. The van der Waals surface area contributed by atoms with Crippen LogP contribution in [-0.4, -0.2) is 9.55 Å². The second-order valence-electron chi connectivity index (χ2n) is 16.2. The Morgan fingerprint density at radius 1 is 0.691 bits per heavy atom. The van der Waals surface area contributed by atoms with Gasteiger partial charge in [-0.3, -0.25) is 4.98 Å². The molecule has 2 aromatic heterocycles. The molecule has 55 heavy (non-hydrogen) atoms. The monoisotopic (exact) mass is 711 g/mol. The summed E-state index contributed by atoms with van der Waals surface area (Å²) < 4.78 is 2.52. The maximum atomic E-state index is 4.36. The van der Waals surface area contributed by atoms with Gasteiger partial charge in [0.05, 0.1) is 5.52 Å². The van der Waals surface area contributed by atoms with E-state index in [9.17, 15) is 0 Å². The molecule has 3 aliphatic carbocycles. The van der Waals surface area contributed by atoms with Crippen molar-refractivity contribution in [2.45, 2.75) is 51.4 Å². The Hall–Kier alpha value is -6.19. The Balaban J connectivity index is 1.04. The number of para-hydroxylation sites is 1. The highest BCUT2D eigenvalue weighted by molar-refractivity contribution is 5.93. The van der Waals surface area contributed by atoms with Crippen LogP contribution >= 0.6 is 0 Å². The topological polar surface area (TPSA) is 21.1 Å². The molecule has 0 aliphatic heterocycles. The number of aromatic nitrogens is 2. The van der Waals surface area contributed by atoms with Gasteiger partial charge in [-0.25, -0.2) is 0 Å². The third-order valence-corrected chi connectivity index (χ3v) is 12.4. The van der Waals surface area contributed by atoms with Gasteiger partial charge in [-0.15, -0.1) is 0 Å². The zero-order chi connectivity index (χ0) is 37.3. The van der Waals surface area contributed by atoms with Crippen molar-refractivity contribution in [2.24, 2.45) is 5.92 Å². The van der Waals surface area contributed by atoms with Crippen molar-refractivity contribution < 1.29 is 0 Å². The summed E-state index contributed by atoms with van der Waals surface area (Å²) in [5.74, 6) is 1.13. The van der Waals surface area contributed by atoms with Crippen molar-refractivity contribution in [3.05, 3.63) is 192 Å². The molecular formula is C52H45N3. The van der Waals surface area contributed by atoms with E-state index in [2.05, 4.69) is 194 Å². The Bertz CT molecular complexity index is 2670. The summed E-state index contributed by atoms with van der Waals surface area (Å²) in [5.41, 5.74) is 17.8. The summed E-state index contributed by atoms with van der Waals surface area (Å²) >= 11 is 0. The lowest BCUT2D eigenvalue weighted by atomic mass is 9.78. The smallest absolute Gasteiger partial charge is 0.0534 e. The molecule has 3 nitrogen and oxygen atoms in total. The number of nitrogens with zero attached hydrogens (tertiary/aromatic N) is 3. The van der Waals surface area contributed by atoms with Gasteiger partial charge in [-0.1, -0.05) is 125 Å². The van der Waals surface area contributed by atoms with Crippen molar-refractivity contribution in [1.29, 1.82) is 0 Å². The molecule has 0 amide bonds. The minimum absolute atomic E-state index is 0.0878. The summed E-state index contributed by atoms with van der Waals surface area (Å²) in [5, 5.41) is 1.36. The number of hydrogen-bond donors (Lipinski definition) is 0. The van der Waals surface area contributed by atoms with Crippen molar-refractivity contribution in [2.75, 3.05) is 4.90 Å². The lowest BCUT2D eigenvalue weighted by Gasteiger charge is -2.30. The normalized spacial score (nSPS) is 19.1. The van der Waals surface area contributed by atoms with Gasteiger partial charge in [0.15, 0.2) is 0 Å². The number of benzene rings is 5. The summed E-state index contributed by atoms with van der Waals surface area (Å²) in [4.78, 5) is 6.77. The van der Waals surface area contributed by atoms with Crippen LogP contribution in [0.3, 0.4) is 0 Å². The van der Waals surface area contributed by atoms with Crippen LogP contribution in [-0.2, 0) is 5.41 Å². The Labute approximate surface area is 324 Å². The van der Waals surface area contributed by atoms with Crippen molar-refractivity contribution >= 4 is 39.7 Å². The van der Waals surface area contributed by atoms with Crippen LogP contribution in [0, 0.1) is 5.92 Å². The van der Waals surface area contributed by atoms with E-state index in [0.29, 0.717) is 11.8 Å². The molecule has 0 spiro atoms. The van der Waals surface area contributed by atoms with Gasteiger partial charge in [-0.2, -0.15) is 0 Å². The molecule has 3 heteroatoms. The fourth-order valence-electron chi connectivity index (χ4n) is 9.63. The first-order chi connectivity index (χ1) is 26.9. The first-order valence-electron chi connectivity index (χ1n) is 19.7. The van der Waals surface area contributed by atoms with E-state index in [1.165, 1.54) is 55.7 Å².